The van der Waals surface area contributed by atoms with Gasteiger partial charge in [0.2, 0.25) is 0 Å². The average Bonchev–Trinajstić information content (AvgIpc) is 2.70. The summed E-state index contributed by atoms with van der Waals surface area (Å²) in [6, 6.07) is 19.5. The number of likely N-dealkylation sites (tertiary alicyclic amines) is 1. The van der Waals surface area contributed by atoms with Crippen molar-refractivity contribution in [2.24, 2.45) is 0 Å². The molecule has 0 saturated carbocycles. The molecule has 0 aliphatic carbocycles. The number of hydrogen-bond donors (Lipinski definition) is 0. The Kier molecular flexibility index (Phi) is 9.31. The summed E-state index contributed by atoms with van der Waals surface area (Å²) >= 11 is 1.88. The molecule has 3 rings (SSSR count). The van der Waals surface area contributed by atoms with Crippen molar-refractivity contribution < 1.29 is 19.8 Å². The van der Waals surface area contributed by atoms with Crippen LogP contribution < -0.4 is 10.2 Å². The van der Waals surface area contributed by atoms with Crippen LogP contribution in [0.5, 0.6) is 0 Å². The number of aliphatic carboxylic acids is 2. The molecule has 28 heavy (non-hydrogen) atoms. The minimum absolute atomic E-state index is 0.384. The van der Waals surface area contributed by atoms with Gasteiger partial charge in [0, 0.05) is 16.3 Å². The van der Waals surface area contributed by atoms with Crippen LogP contribution in [0.2, 0.25) is 0 Å². The first-order valence-electron chi connectivity index (χ1n) is 9.18. The molecule has 1 saturated heterocycles. The second-order valence-electron chi connectivity index (χ2n) is 6.33. The Morgan fingerprint density at radius 3 is 2.04 bits per heavy atom. The van der Waals surface area contributed by atoms with Gasteiger partial charge in [-0.1, -0.05) is 54.6 Å². The van der Waals surface area contributed by atoms with Crippen molar-refractivity contribution in [2.75, 3.05) is 13.1 Å². The number of hydrogen-bond acceptors (Lipinski definition) is 6. The van der Waals surface area contributed by atoms with E-state index in [9.17, 15) is 19.8 Å². The van der Waals surface area contributed by atoms with E-state index in [2.05, 4.69) is 59.5 Å². The van der Waals surface area contributed by atoms with E-state index in [0.29, 0.717) is 12.2 Å². The van der Waals surface area contributed by atoms with Gasteiger partial charge in [0.25, 0.3) is 0 Å². The first-order chi connectivity index (χ1) is 13.5. The third-order valence-electron chi connectivity index (χ3n) is 4.14. The highest BCUT2D eigenvalue weighted by Gasteiger charge is 2.12. The maximum atomic E-state index is 9.41. The van der Waals surface area contributed by atoms with Crippen molar-refractivity contribution in [1.82, 2.24) is 4.90 Å². The maximum Gasteiger partial charge on any atom is 0.0643 e. The lowest BCUT2D eigenvalue weighted by Crippen LogP contribution is -2.29. The second kappa shape index (κ2) is 12.0. The van der Waals surface area contributed by atoms with E-state index in [4.69, 9.17) is 0 Å². The van der Waals surface area contributed by atoms with E-state index in [-0.39, 0.29) is 0 Å². The molecule has 148 valence electrons. The van der Waals surface area contributed by atoms with Gasteiger partial charge in [-0.15, -0.1) is 0 Å². The molecule has 2 aromatic rings. The van der Waals surface area contributed by atoms with Crippen LogP contribution in [0.15, 0.2) is 76.5 Å². The lowest BCUT2D eigenvalue weighted by molar-refractivity contribution is -0.301. The van der Waals surface area contributed by atoms with Crippen LogP contribution in [-0.4, -0.2) is 29.9 Å². The normalized spacial score (nSPS) is 14.3. The summed E-state index contributed by atoms with van der Waals surface area (Å²) in [6.07, 6.45) is 4.88. The number of rotatable bonds is 6. The fourth-order valence-corrected chi connectivity index (χ4v) is 3.80. The number of nitrogens with zero attached hydrogens (tertiary/aromatic N) is 1. The van der Waals surface area contributed by atoms with Crippen LogP contribution in [0.25, 0.3) is 0 Å². The van der Waals surface area contributed by atoms with Crippen molar-refractivity contribution >= 4 is 23.7 Å². The van der Waals surface area contributed by atoms with Gasteiger partial charge in [0.1, 0.15) is 0 Å². The van der Waals surface area contributed by atoms with Gasteiger partial charge >= 0.3 is 0 Å². The Morgan fingerprint density at radius 2 is 1.43 bits per heavy atom. The fourth-order valence-electron chi connectivity index (χ4n) is 2.84. The molecule has 1 fully saturated rings. The summed E-state index contributed by atoms with van der Waals surface area (Å²) in [4.78, 5) is 24.1. The van der Waals surface area contributed by atoms with Gasteiger partial charge < -0.3 is 19.8 Å². The minimum Gasteiger partial charge on any atom is -0.545 e. The van der Waals surface area contributed by atoms with E-state index >= 15 is 0 Å². The zero-order valence-electron chi connectivity index (χ0n) is 15.6. The van der Waals surface area contributed by atoms with Crippen LogP contribution in [0.1, 0.15) is 24.8 Å². The summed E-state index contributed by atoms with van der Waals surface area (Å²) in [5, 5.41) is 18.8. The molecule has 1 heterocycles. The smallest absolute Gasteiger partial charge is 0.0643 e. The third-order valence-corrected chi connectivity index (χ3v) is 5.27. The zero-order chi connectivity index (χ0) is 20.2. The average molecular weight is 397 g/mol. The Labute approximate surface area is 169 Å². The molecule has 0 atom stereocenters. The Morgan fingerprint density at radius 1 is 0.857 bits per heavy atom. The highest BCUT2D eigenvalue weighted by molar-refractivity contribution is 7.99. The predicted octanol–water partition coefficient (Wildman–Crippen LogP) is 1.87. The summed E-state index contributed by atoms with van der Waals surface area (Å²) in [5.74, 6) is -3.09. The monoisotopic (exact) mass is 397 g/mol. The Hall–Kier alpha value is -2.57. The van der Waals surface area contributed by atoms with Gasteiger partial charge in [0.15, 0.2) is 0 Å². The minimum atomic E-state index is -1.55. The van der Waals surface area contributed by atoms with Crippen molar-refractivity contribution in [3.8, 4) is 0 Å². The number of benzene rings is 2. The molecular formula is C22H23NO4S-2. The van der Waals surface area contributed by atoms with E-state index in [1.807, 2.05) is 11.8 Å². The standard InChI is InChI=1S/C18H21NS.C4H4O4/c1-3-10-17(11-4-1)20-18-12-6-5-9-16(18)15-19-13-7-2-8-14-19;5-3(6)1-2-4(7)8/h1,3-6,9-12H,2,7-8,13-15H2;1-2H,(H,5,6)(H,7,8)/p-2/b;2-1-. The van der Waals surface area contributed by atoms with Crippen molar-refractivity contribution in [3.05, 3.63) is 72.3 Å². The number of carboxylic acid groups (broad SMARTS) is 2. The van der Waals surface area contributed by atoms with Crippen LogP contribution in [0.4, 0.5) is 0 Å². The largest absolute Gasteiger partial charge is 0.545 e. The van der Waals surface area contributed by atoms with Crippen molar-refractivity contribution in [2.45, 2.75) is 35.6 Å². The Bertz CT molecular complexity index is 770. The molecule has 1 aliphatic rings. The highest BCUT2D eigenvalue weighted by Crippen LogP contribution is 2.31. The first kappa shape index (κ1) is 21.7. The van der Waals surface area contributed by atoms with E-state index in [1.54, 1.807) is 0 Å². The molecule has 0 N–H and O–H groups in total. The van der Waals surface area contributed by atoms with Gasteiger partial charge in [-0.25, -0.2) is 0 Å². The third kappa shape index (κ3) is 8.41. The number of carboxylic acids is 2. The van der Waals surface area contributed by atoms with Gasteiger partial charge in [-0.2, -0.15) is 0 Å². The van der Waals surface area contributed by atoms with Gasteiger partial charge in [-0.05, 0) is 61.8 Å². The molecule has 0 bridgehead atoms. The topological polar surface area (TPSA) is 83.5 Å². The quantitative estimate of drug-likeness (QED) is 0.692. The van der Waals surface area contributed by atoms with Crippen LogP contribution >= 0.6 is 11.8 Å². The number of carbonyl (C=O) groups is 2. The lowest BCUT2D eigenvalue weighted by Gasteiger charge is -2.27. The summed E-state index contributed by atoms with van der Waals surface area (Å²) < 4.78 is 0. The van der Waals surface area contributed by atoms with Crippen molar-refractivity contribution in [1.29, 1.82) is 0 Å². The van der Waals surface area contributed by atoms with E-state index < -0.39 is 11.9 Å². The van der Waals surface area contributed by atoms with Crippen LogP contribution in [-0.2, 0) is 16.1 Å². The first-order valence-corrected chi connectivity index (χ1v) is 9.99. The molecule has 0 unspecified atom stereocenters. The molecule has 0 spiro atoms. The maximum absolute atomic E-state index is 9.41. The van der Waals surface area contributed by atoms with Gasteiger partial charge in [0.05, 0.1) is 11.9 Å². The zero-order valence-corrected chi connectivity index (χ0v) is 16.4. The second-order valence-corrected chi connectivity index (χ2v) is 7.45. The highest BCUT2D eigenvalue weighted by atomic mass is 32.2. The summed E-state index contributed by atoms with van der Waals surface area (Å²) in [5.41, 5.74) is 1.46. The summed E-state index contributed by atoms with van der Waals surface area (Å²) in [7, 11) is 0. The number of carbonyl (C=O) groups excluding carboxylic acids is 2. The number of piperidine rings is 1. The van der Waals surface area contributed by atoms with Crippen LogP contribution in [0, 0.1) is 0 Å². The molecule has 5 nitrogen and oxygen atoms in total. The fraction of sp³-hybridized carbons (Fsp3) is 0.273. The molecule has 0 aromatic heterocycles. The molecule has 0 radical (unpaired) electrons. The Balaban J connectivity index is 0.000000300. The van der Waals surface area contributed by atoms with E-state index in [0.717, 1.165) is 6.54 Å². The van der Waals surface area contributed by atoms with Crippen LogP contribution in [0.3, 0.4) is 0 Å². The van der Waals surface area contributed by atoms with Crippen molar-refractivity contribution in [3.63, 3.8) is 0 Å². The molecule has 2 aromatic carbocycles. The molecular weight excluding hydrogens is 374 g/mol. The van der Waals surface area contributed by atoms with Gasteiger partial charge in [-0.3, -0.25) is 4.90 Å². The SMILES string of the molecule is O=C([O-])/C=C\C(=O)[O-].c1ccc(Sc2ccccc2CN2CCCCC2)cc1. The molecule has 0 amide bonds. The predicted molar refractivity (Wildman–Crippen MR) is 105 cm³/mol. The molecule has 6 heteroatoms. The summed E-state index contributed by atoms with van der Waals surface area (Å²) in [6.45, 7) is 3.60. The van der Waals surface area contributed by atoms with E-state index in [1.165, 1.54) is 47.7 Å². The lowest BCUT2D eigenvalue weighted by atomic mass is 10.1. The molecule has 1 aliphatic heterocycles.